The van der Waals surface area contributed by atoms with E-state index in [1.54, 1.807) is 0 Å². The number of benzene rings is 1. The van der Waals surface area contributed by atoms with E-state index < -0.39 is 0 Å². The summed E-state index contributed by atoms with van der Waals surface area (Å²) in [7, 11) is 0. The Morgan fingerprint density at radius 1 is 1.21 bits per heavy atom. The zero-order chi connectivity index (χ0) is 13.2. The summed E-state index contributed by atoms with van der Waals surface area (Å²) in [5, 5.41) is 0. The highest BCUT2D eigenvalue weighted by atomic mass is 15.3. The number of rotatable bonds is 3. The van der Waals surface area contributed by atoms with Gasteiger partial charge in [0.15, 0.2) is 0 Å². The summed E-state index contributed by atoms with van der Waals surface area (Å²) < 4.78 is 0. The maximum Gasteiger partial charge on any atom is 0.129 e. The third kappa shape index (κ3) is 2.16. The summed E-state index contributed by atoms with van der Waals surface area (Å²) in [6.07, 6.45) is 4.44. The van der Waals surface area contributed by atoms with E-state index in [1.807, 2.05) is 0 Å². The van der Waals surface area contributed by atoms with E-state index in [0.29, 0.717) is 0 Å². The first-order chi connectivity index (χ1) is 9.29. The smallest absolute Gasteiger partial charge is 0.129 e. The van der Waals surface area contributed by atoms with Crippen LogP contribution in [0.5, 0.6) is 0 Å². The minimum atomic E-state index is 0.905. The van der Waals surface area contributed by atoms with Gasteiger partial charge in [-0.2, -0.15) is 0 Å². The minimum Gasteiger partial charge on any atom is -0.342 e. The molecule has 2 aliphatic heterocycles. The molecule has 0 aliphatic carbocycles. The molecule has 1 aromatic carbocycles. The fourth-order valence-corrected chi connectivity index (χ4v) is 2.69. The van der Waals surface area contributed by atoms with E-state index in [2.05, 4.69) is 71.1 Å². The Morgan fingerprint density at radius 3 is 2.74 bits per heavy atom. The van der Waals surface area contributed by atoms with E-state index in [-0.39, 0.29) is 0 Å². The lowest BCUT2D eigenvalue weighted by molar-refractivity contribution is 0.559. The molecule has 2 heterocycles. The number of para-hydroxylation sites is 1. The van der Waals surface area contributed by atoms with Gasteiger partial charge in [-0.15, -0.1) is 0 Å². The summed E-state index contributed by atoms with van der Waals surface area (Å²) in [6, 6.07) is 10.5. The van der Waals surface area contributed by atoms with Crippen LogP contribution in [0.2, 0.25) is 0 Å². The first kappa shape index (κ1) is 12.0. The van der Waals surface area contributed by atoms with Crippen LogP contribution in [-0.2, 0) is 0 Å². The van der Waals surface area contributed by atoms with Gasteiger partial charge in [0.1, 0.15) is 5.84 Å². The Labute approximate surface area is 114 Å². The van der Waals surface area contributed by atoms with Crippen molar-refractivity contribution in [1.29, 1.82) is 0 Å². The molecular weight excluding hydrogens is 234 g/mol. The largest absolute Gasteiger partial charge is 0.342 e. The van der Waals surface area contributed by atoms with Crippen molar-refractivity contribution >= 4 is 11.5 Å². The number of nitrogens with zero attached hydrogens (tertiary/aromatic N) is 3. The lowest BCUT2D eigenvalue weighted by Crippen LogP contribution is -2.31. The number of aliphatic imine (C=N–C) groups is 1. The number of likely N-dealkylation sites (N-methyl/N-ethyl adjacent to an activating group) is 1. The van der Waals surface area contributed by atoms with Crippen molar-refractivity contribution in [2.24, 2.45) is 4.99 Å². The predicted molar refractivity (Wildman–Crippen MR) is 80.3 cm³/mol. The van der Waals surface area contributed by atoms with Gasteiger partial charge in [-0.1, -0.05) is 18.2 Å². The lowest BCUT2D eigenvalue weighted by atomic mass is 10.1. The molecule has 0 atom stereocenters. The standard InChI is InChI=1S/C16H19N3/c1-3-18(14-7-5-4-6-8-14)15-11-13(2)19-10-9-17-16(19)12-15/h4-8,11-12H,3,9-10H2,1-2H3. The van der Waals surface area contributed by atoms with Crippen molar-refractivity contribution in [2.75, 3.05) is 24.5 Å². The van der Waals surface area contributed by atoms with Crippen molar-refractivity contribution in [2.45, 2.75) is 13.8 Å². The molecule has 98 valence electrons. The summed E-state index contributed by atoms with van der Waals surface area (Å²) in [4.78, 5) is 9.17. The van der Waals surface area contributed by atoms with Crippen molar-refractivity contribution in [3.05, 3.63) is 53.9 Å². The highest BCUT2D eigenvalue weighted by molar-refractivity contribution is 5.98. The van der Waals surface area contributed by atoms with E-state index in [1.165, 1.54) is 17.1 Å². The van der Waals surface area contributed by atoms with E-state index in [9.17, 15) is 0 Å². The monoisotopic (exact) mass is 253 g/mol. The van der Waals surface area contributed by atoms with Crippen LogP contribution in [0.25, 0.3) is 0 Å². The minimum absolute atomic E-state index is 0.905. The molecule has 0 bridgehead atoms. The summed E-state index contributed by atoms with van der Waals surface area (Å²) in [5.41, 5.74) is 3.73. The molecular formula is C16H19N3. The average molecular weight is 253 g/mol. The number of hydrogen-bond donors (Lipinski definition) is 0. The Hall–Kier alpha value is -2.03. The molecule has 0 aromatic heterocycles. The molecule has 3 rings (SSSR count). The maximum absolute atomic E-state index is 4.57. The fourth-order valence-electron chi connectivity index (χ4n) is 2.69. The second-order valence-corrected chi connectivity index (χ2v) is 4.83. The van der Waals surface area contributed by atoms with Crippen LogP contribution in [0.1, 0.15) is 13.8 Å². The van der Waals surface area contributed by atoms with Crippen LogP contribution in [0.15, 0.2) is 58.9 Å². The first-order valence-corrected chi connectivity index (χ1v) is 6.84. The molecule has 0 saturated carbocycles. The van der Waals surface area contributed by atoms with Crippen molar-refractivity contribution in [1.82, 2.24) is 4.90 Å². The van der Waals surface area contributed by atoms with E-state index in [0.717, 1.165) is 25.5 Å². The summed E-state index contributed by atoms with van der Waals surface area (Å²) >= 11 is 0. The second kappa shape index (κ2) is 4.92. The maximum atomic E-state index is 4.57. The highest BCUT2D eigenvalue weighted by Crippen LogP contribution is 2.26. The van der Waals surface area contributed by atoms with Crippen LogP contribution in [-0.4, -0.2) is 30.4 Å². The zero-order valence-corrected chi connectivity index (χ0v) is 11.5. The summed E-state index contributed by atoms with van der Waals surface area (Å²) in [5.74, 6) is 1.10. The van der Waals surface area contributed by atoms with Gasteiger partial charge in [0.25, 0.3) is 0 Å². The molecule has 19 heavy (non-hydrogen) atoms. The average Bonchev–Trinajstić information content (AvgIpc) is 2.90. The highest BCUT2D eigenvalue weighted by Gasteiger charge is 2.22. The molecule has 1 aromatic rings. The topological polar surface area (TPSA) is 18.8 Å². The van der Waals surface area contributed by atoms with Gasteiger partial charge >= 0.3 is 0 Å². The third-order valence-electron chi connectivity index (χ3n) is 3.63. The van der Waals surface area contributed by atoms with Gasteiger partial charge in [0.2, 0.25) is 0 Å². The van der Waals surface area contributed by atoms with Gasteiger partial charge < -0.3 is 9.80 Å². The fraction of sp³-hybridized carbons (Fsp3) is 0.312. The zero-order valence-electron chi connectivity index (χ0n) is 11.5. The second-order valence-electron chi connectivity index (χ2n) is 4.83. The number of hydrogen-bond acceptors (Lipinski definition) is 3. The molecule has 0 amide bonds. The van der Waals surface area contributed by atoms with E-state index >= 15 is 0 Å². The molecule has 0 N–H and O–H groups in total. The number of allylic oxidation sites excluding steroid dienone is 2. The number of amidine groups is 1. The molecule has 3 nitrogen and oxygen atoms in total. The van der Waals surface area contributed by atoms with Crippen LogP contribution in [0, 0.1) is 0 Å². The molecule has 2 aliphatic rings. The normalized spacial score (nSPS) is 17.6. The Bertz CT molecular complexity index is 555. The van der Waals surface area contributed by atoms with E-state index in [4.69, 9.17) is 0 Å². The van der Waals surface area contributed by atoms with Gasteiger partial charge in [-0.3, -0.25) is 4.99 Å². The van der Waals surface area contributed by atoms with Crippen molar-refractivity contribution < 1.29 is 0 Å². The van der Waals surface area contributed by atoms with Crippen LogP contribution < -0.4 is 4.90 Å². The Kier molecular flexibility index (Phi) is 3.11. The number of fused-ring (bicyclic) bond motifs is 1. The molecule has 0 fully saturated rings. The first-order valence-electron chi connectivity index (χ1n) is 6.84. The molecule has 0 radical (unpaired) electrons. The molecule has 0 saturated heterocycles. The summed E-state index contributed by atoms with van der Waals surface area (Å²) in [6.45, 7) is 7.21. The molecule has 3 heteroatoms. The Balaban J connectivity index is 1.97. The van der Waals surface area contributed by atoms with Crippen molar-refractivity contribution in [3.8, 4) is 0 Å². The van der Waals surface area contributed by atoms with Crippen molar-refractivity contribution in [3.63, 3.8) is 0 Å². The van der Waals surface area contributed by atoms with Crippen LogP contribution in [0.3, 0.4) is 0 Å². The predicted octanol–water partition coefficient (Wildman–Crippen LogP) is 3.03. The van der Waals surface area contributed by atoms with Crippen LogP contribution in [0.4, 0.5) is 5.69 Å². The number of anilines is 1. The van der Waals surface area contributed by atoms with Crippen LogP contribution >= 0.6 is 0 Å². The lowest BCUT2D eigenvalue weighted by Gasteiger charge is -2.30. The van der Waals surface area contributed by atoms with Gasteiger partial charge in [0.05, 0.1) is 6.54 Å². The quantitative estimate of drug-likeness (QED) is 0.824. The third-order valence-corrected chi connectivity index (χ3v) is 3.63. The van der Waals surface area contributed by atoms with Gasteiger partial charge in [-0.25, -0.2) is 0 Å². The van der Waals surface area contributed by atoms with Gasteiger partial charge in [-0.05, 0) is 32.1 Å². The SMILES string of the molecule is CCN(C1=CC2=NCCN2C(C)=C1)c1ccccc1. The van der Waals surface area contributed by atoms with Gasteiger partial charge in [0, 0.05) is 36.2 Å². The molecule has 0 unspecified atom stereocenters. The molecule has 0 spiro atoms. The Morgan fingerprint density at radius 2 is 2.00 bits per heavy atom.